The molecule has 24 heavy (non-hydrogen) atoms. The number of aryl methyl sites for hydroxylation is 2. The van der Waals surface area contributed by atoms with Gasteiger partial charge in [0.25, 0.3) is 0 Å². The normalized spacial score (nSPS) is 20.5. The van der Waals surface area contributed by atoms with Crippen LogP contribution in [-0.2, 0) is 0 Å². The average Bonchev–Trinajstić information content (AvgIpc) is 3.12. The Morgan fingerprint density at radius 2 is 2.12 bits per heavy atom. The van der Waals surface area contributed by atoms with Crippen molar-refractivity contribution in [2.45, 2.75) is 33.4 Å². The van der Waals surface area contributed by atoms with Crippen LogP contribution in [0.1, 0.15) is 51.4 Å². The number of nitrogens with zero attached hydrogens (tertiary/aromatic N) is 1. The third-order valence-electron chi connectivity index (χ3n) is 4.01. The van der Waals surface area contributed by atoms with Crippen LogP contribution in [0.4, 0.5) is 0 Å². The van der Waals surface area contributed by atoms with Crippen molar-refractivity contribution in [1.82, 2.24) is 4.98 Å². The summed E-state index contributed by atoms with van der Waals surface area (Å²) >= 11 is 0. The van der Waals surface area contributed by atoms with E-state index in [9.17, 15) is 0 Å². The van der Waals surface area contributed by atoms with E-state index < -0.39 is 37.6 Å². The van der Waals surface area contributed by atoms with Gasteiger partial charge in [-0.3, -0.25) is 4.98 Å². The zero-order valence-electron chi connectivity index (χ0n) is 23.9. The fourth-order valence-corrected chi connectivity index (χ4v) is 2.84. The molecule has 2 aromatic carbocycles. The van der Waals surface area contributed by atoms with E-state index in [4.69, 9.17) is 19.5 Å². The molecule has 120 valence electrons. The van der Waals surface area contributed by atoms with Crippen molar-refractivity contribution in [2.75, 3.05) is 0 Å². The lowest BCUT2D eigenvalue weighted by atomic mass is 9.97. The molecule has 0 N–H and O–H groups in total. The number of hydrogen-bond acceptors (Lipinski definition) is 2. The molecule has 0 aliphatic heterocycles. The van der Waals surface area contributed by atoms with Gasteiger partial charge < -0.3 is 4.42 Å². The second-order valence-electron chi connectivity index (χ2n) is 5.66. The molecule has 0 saturated heterocycles. The van der Waals surface area contributed by atoms with Gasteiger partial charge in [-0.25, -0.2) is 0 Å². The van der Waals surface area contributed by atoms with Gasteiger partial charge in [-0.15, -0.1) is 0 Å². The number of aromatic nitrogens is 1. The fourth-order valence-electron chi connectivity index (χ4n) is 2.84. The minimum atomic E-state index is -3.38. The van der Waals surface area contributed by atoms with Crippen LogP contribution >= 0.6 is 0 Å². The Labute approximate surface area is 157 Å². The van der Waals surface area contributed by atoms with Crippen molar-refractivity contribution in [2.24, 2.45) is 0 Å². The summed E-state index contributed by atoms with van der Waals surface area (Å²) in [6.07, 6.45) is 0.903. The number of benzene rings is 2. The van der Waals surface area contributed by atoms with Crippen molar-refractivity contribution in [3.05, 3.63) is 65.3 Å². The van der Waals surface area contributed by atoms with Gasteiger partial charge in [0.2, 0.25) is 0 Å². The molecule has 0 aliphatic rings. The molecule has 2 heteroatoms. The van der Waals surface area contributed by atoms with Crippen LogP contribution in [0.5, 0.6) is 0 Å². The van der Waals surface area contributed by atoms with Crippen LogP contribution in [0.15, 0.2) is 53.1 Å². The Morgan fingerprint density at radius 3 is 2.96 bits per heavy atom. The highest BCUT2D eigenvalue weighted by Gasteiger charge is 2.14. The zero-order valence-corrected chi connectivity index (χ0v) is 12.9. The molecule has 0 amide bonds. The lowest BCUT2D eigenvalue weighted by Gasteiger charge is -2.11. The van der Waals surface area contributed by atoms with Gasteiger partial charge in [0, 0.05) is 36.2 Å². The summed E-state index contributed by atoms with van der Waals surface area (Å²) in [6.45, 7) is -7.89. The summed E-state index contributed by atoms with van der Waals surface area (Å²) in [6, 6.07) is 9.92. The van der Waals surface area contributed by atoms with E-state index >= 15 is 0 Å². The summed E-state index contributed by atoms with van der Waals surface area (Å²) in [5.74, 6) is -3.23. The Bertz CT molecular complexity index is 1430. The number of hydrogen-bond donors (Lipinski definition) is 0. The van der Waals surface area contributed by atoms with E-state index in [0.717, 1.165) is 12.3 Å². The molecular weight excluding hydrogens is 294 g/mol. The SMILES string of the molecule is [2H]c1c(C)ccc2c1oc1c(-c3cc(C([2H])(C([2H])([2H])[2H])C([2H])([2H])[2H])c(C([2H])([2H])[2H])cn3)cccc12. The summed E-state index contributed by atoms with van der Waals surface area (Å²) < 4.78 is 93.5. The molecule has 0 unspecified atom stereocenters. The number of fused-ring (bicyclic) bond motifs is 3. The molecule has 0 saturated carbocycles. The van der Waals surface area contributed by atoms with Crippen LogP contribution in [0, 0.1) is 13.8 Å². The van der Waals surface area contributed by atoms with E-state index in [2.05, 4.69) is 4.98 Å². The quantitative estimate of drug-likeness (QED) is 0.426. The minimum Gasteiger partial charge on any atom is -0.455 e. The van der Waals surface area contributed by atoms with E-state index in [0.29, 0.717) is 33.1 Å². The standard InChI is InChI=1S/C22H21NO/c1-13(2)19-11-20(23-12-15(19)4)18-7-5-6-17-16-9-8-14(3)10-21(16)24-22(17)18/h5-13H,1-4H3/i1D3,2D3,4D3,10D,13D. The maximum absolute atomic E-state index is 8.60. The predicted octanol–water partition coefficient (Wildman–Crippen LogP) is 6.39. The molecule has 2 nitrogen and oxygen atoms in total. The number of para-hydroxylation sites is 1. The van der Waals surface area contributed by atoms with Crippen molar-refractivity contribution < 1.29 is 19.5 Å². The van der Waals surface area contributed by atoms with Crippen molar-refractivity contribution in [3.8, 4) is 11.3 Å². The largest absolute Gasteiger partial charge is 0.455 e. The third kappa shape index (κ3) is 2.30. The van der Waals surface area contributed by atoms with Crippen molar-refractivity contribution >= 4 is 21.9 Å². The summed E-state index contributed by atoms with van der Waals surface area (Å²) in [5, 5.41) is 1.33. The fraction of sp³-hybridized carbons (Fsp3) is 0.227. The molecule has 0 spiro atoms. The van der Waals surface area contributed by atoms with Gasteiger partial charge >= 0.3 is 0 Å². The van der Waals surface area contributed by atoms with E-state index in [1.807, 2.05) is 6.07 Å². The molecular formula is C22H21NO. The number of furan rings is 1. The lowest BCUT2D eigenvalue weighted by Crippen LogP contribution is -1.95. The molecule has 0 aliphatic carbocycles. The minimum absolute atomic E-state index is 0.0473. The molecule has 0 fully saturated rings. The predicted molar refractivity (Wildman–Crippen MR) is 101 cm³/mol. The van der Waals surface area contributed by atoms with Crippen LogP contribution in [-0.4, -0.2) is 4.98 Å². The van der Waals surface area contributed by atoms with Crippen LogP contribution in [0.3, 0.4) is 0 Å². The van der Waals surface area contributed by atoms with Gasteiger partial charge in [0.15, 0.2) is 0 Å². The van der Waals surface area contributed by atoms with Crippen LogP contribution < -0.4 is 0 Å². The first-order valence-corrected chi connectivity index (χ1v) is 7.41. The maximum Gasteiger partial charge on any atom is 0.144 e. The Kier molecular flexibility index (Phi) is 1.62. The topological polar surface area (TPSA) is 26.0 Å². The average molecular weight is 326 g/mol. The van der Waals surface area contributed by atoms with E-state index in [1.165, 1.54) is 0 Å². The Hall–Kier alpha value is -2.61. The highest BCUT2D eigenvalue weighted by Crippen LogP contribution is 2.36. The molecule has 0 radical (unpaired) electrons. The first kappa shape index (κ1) is 7.10. The third-order valence-corrected chi connectivity index (χ3v) is 4.01. The van der Waals surface area contributed by atoms with Gasteiger partial charge in [-0.2, -0.15) is 0 Å². The Morgan fingerprint density at radius 1 is 1.21 bits per heavy atom. The van der Waals surface area contributed by atoms with Crippen molar-refractivity contribution in [3.63, 3.8) is 0 Å². The highest BCUT2D eigenvalue weighted by molar-refractivity contribution is 6.09. The lowest BCUT2D eigenvalue weighted by molar-refractivity contribution is 0.669. The molecule has 4 rings (SSSR count). The Balaban J connectivity index is 2.08. The van der Waals surface area contributed by atoms with Crippen LogP contribution in [0.25, 0.3) is 33.2 Å². The molecule has 2 aromatic heterocycles. The zero-order chi connectivity index (χ0) is 26.1. The van der Waals surface area contributed by atoms with Gasteiger partial charge in [0.1, 0.15) is 11.2 Å². The molecule has 0 atom stereocenters. The summed E-state index contributed by atoms with van der Waals surface area (Å²) in [7, 11) is 0. The summed E-state index contributed by atoms with van der Waals surface area (Å²) in [4.78, 5) is 4.20. The highest BCUT2D eigenvalue weighted by atomic mass is 16.3. The first-order chi connectivity index (χ1) is 16.0. The number of rotatable bonds is 2. The van der Waals surface area contributed by atoms with Crippen LogP contribution in [0.2, 0.25) is 0 Å². The van der Waals surface area contributed by atoms with Gasteiger partial charge in [0.05, 0.1) is 7.06 Å². The van der Waals surface area contributed by atoms with E-state index in [1.54, 1.807) is 31.2 Å². The van der Waals surface area contributed by atoms with E-state index in [-0.39, 0.29) is 11.7 Å². The first-order valence-electron chi connectivity index (χ1n) is 12.9. The molecule has 2 heterocycles. The smallest absolute Gasteiger partial charge is 0.144 e. The molecule has 0 bridgehead atoms. The second kappa shape index (κ2) is 5.48. The van der Waals surface area contributed by atoms with Crippen molar-refractivity contribution in [1.29, 1.82) is 0 Å². The van der Waals surface area contributed by atoms with Gasteiger partial charge in [-0.05, 0) is 54.5 Å². The maximum atomic E-state index is 8.60. The monoisotopic (exact) mass is 326 g/mol. The summed E-state index contributed by atoms with van der Waals surface area (Å²) in [5.41, 5.74) is 0.456. The second-order valence-corrected chi connectivity index (χ2v) is 5.66. The number of pyridine rings is 1. The molecule has 4 aromatic rings. The van der Waals surface area contributed by atoms with Gasteiger partial charge in [-0.1, -0.05) is 38.0 Å².